The number of fused-ring (bicyclic) bond motifs is 1. The van der Waals surface area contributed by atoms with Gasteiger partial charge in [0.05, 0.1) is 5.41 Å². The highest BCUT2D eigenvalue weighted by atomic mass is 16.5. The molecule has 4 rings (SSSR count). The number of anilines is 1. The Labute approximate surface area is 113 Å². The highest BCUT2D eigenvalue weighted by Gasteiger charge is 2.53. The Hall–Kier alpha value is -1.96. The fourth-order valence-electron chi connectivity index (χ4n) is 3.77. The van der Waals surface area contributed by atoms with Crippen LogP contribution < -0.4 is 10.5 Å². The molecule has 1 saturated carbocycles. The molecule has 96 valence electrons. The molecule has 1 aromatic carbocycles. The standard InChI is InChI=1S/C17H17NO/c18-14-5-3-6-15(10-14)19-16-9-12-8-13-4-1-2-7-17(13,16)11-12/h1-7,9-10,12-13H,8,11,18H2. The summed E-state index contributed by atoms with van der Waals surface area (Å²) >= 11 is 0. The second-order valence-corrected chi connectivity index (χ2v) is 5.80. The van der Waals surface area contributed by atoms with Gasteiger partial charge in [0.1, 0.15) is 11.5 Å². The van der Waals surface area contributed by atoms with E-state index in [0.29, 0.717) is 11.8 Å². The molecular weight excluding hydrogens is 234 g/mol. The van der Waals surface area contributed by atoms with Crippen molar-refractivity contribution in [3.8, 4) is 5.75 Å². The first-order valence-electron chi connectivity index (χ1n) is 6.88. The van der Waals surface area contributed by atoms with Crippen LogP contribution in [0, 0.1) is 17.3 Å². The maximum atomic E-state index is 6.15. The molecule has 2 nitrogen and oxygen atoms in total. The van der Waals surface area contributed by atoms with E-state index in [9.17, 15) is 0 Å². The van der Waals surface area contributed by atoms with E-state index in [-0.39, 0.29) is 5.41 Å². The van der Waals surface area contributed by atoms with Crippen LogP contribution in [0.15, 0.2) is 60.4 Å². The first kappa shape index (κ1) is 10.9. The van der Waals surface area contributed by atoms with Gasteiger partial charge < -0.3 is 10.5 Å². The van der Waals surface area contributed by atoms with Crippen molar-refractivity contribution >= 4 is 5.69 Å². The fourth-order valence-corrected chi connectivity index (χ4v) is 3.77. The van der Waals surface area contributed by atoms with Gasteiger partial charge in [0.2, 0.25) is 0 Å². The van der Waals surface area contributed by atoms with Crippen molar-refractivity contribution in [3.63, 3.8) is 0 Å². The van der Waals surface area contributed by atoms with Crippen LogP contribution in [0.4, 0.5) is 5.69 Å². The number of ether oxygens (including phenoxy) is 1. The van der Waals surface area contributed by atoms with E-state index in [0.717, 1.165) is 17.2 Å². The predicted molar refractivity (Wildman–Crippen MR) is 76.5 cm³/mol. The Kier molecular flexibility index (Phi) is 2.16. The summed E-state index contributed by atoms with van der Waals surface area (Å²) in [4.78, 5) is 0. The minimum atomic E-state index is 0.101. The molecule has 19 heavy (non-hydrogen) atoms. The van der Waals surface area contributed by atoms with Crippen molar-refractivity contribution in [2.24, 2.45) is 17.3 Å². The average molecular weight is 251 g/mol. The third-order valence-electron chi connectivity index (χ3n) is 4.60. The van der Waals surface area contributed by atoms with Crippen molar-refractivity contribution in [1.29, 1.82) is 0 Å². The van der Waals surface area contributed by atoms with Crippen molar-refractivity contribution < 1.29 is 4.74 Å². The van der Waals surface area contributed by atoms with Crippen LogP contribution in [0.1, 0.15) is 12.8 Å². The van der Waals surface area contributed by atoms with Gasteiger partial charge in [-0.1, -0.05) is 30.4 Å². The first-order chi connectivity index (χ1) is 9.26. The lowest BCUT2D eigenvalue weighted by Crippen LogP contribution is -2.28. The highest BCUT2D eigenvalue weighted by molar-refractivity contribution is 5.46. The van der Waals surface area contributed by atoms with E-state index in [1.807, 2.05) is 24.3 Å². The van der Waals surface area contributed by atoms with Gasteiger partial charge in [-0.3, -0.25) is 0 Å². The molecule has 2 heteroatoms. The van der Waals surface area contributed by atoms with Gasteiger partial charge in [0, 0.05) is 11.8 Å². The van der Waals surface area contributed by atoms with Gasteiger partial charge >= 0.3 is 0 Å². The largest absolute Gasteiger partial charge is 0.461 e. The molecule has 1 aromatic rings. The summed E-state index contributed by atoms with van der Waals surface area (Å²) in [5, 5.41) is 0. The van der Waals surface area contributed by atoms with Crippen LogP contribution in [-0.4, -0.2) is 0 Å². The second kappa shape index (κ2) is 3.77. The van der Waals surface area contributed by atoms with Gasteiger partial charge in [0.25, 0.3) is 0 Å². The van der Waals surface area contributed by atoms with Gasteiger partial charge in [-0.2, -0.15) is 0 Å². The minimum absolute atomic E-state index is 0.101. The summed E-state index contributed by atoms with van der Waals surface area (Å²) in [5.74, 6) is 3.21. The maximum absolute atomic E-state index is 6.15. The first-order valence-corrected chi connectivity index (χ1v) is 6.88. The van der Waals surface area contributed by atoms with Crippen LogP contribution >= 0.6 is 0 Å². The summed E-state index contributed by atoms with van der Waals surface area (Å²) in [6, 6.07) is 7.68. The topological polar surface area (TPSA) is 35.2 Å². The number of hydrogen-bond acceptors (Lipinski definition) is 2. The Bertz CT molecular complexity index is 613. The summed E-state index contributed by atoms with van der Waals surface area (Å²) in [7, 11) is 0. The van der Waals surface area contributed by atoms with Crippen molar-refractivity contribution in [1.82, 2.24) is 0 Å². The summed E-state index contributed by atoms with van der Waals surface area (Å²) in [6.07, 6.45) is 13.7. The summed E-state index contributed by atoms with van der Waals surface area (Å²) in [5.41, 5.74) is 6.66. The molecule has 3 unspecified atom stereocenters. The molecule has 3 aliphatic carbocycles. The molecule has 0 radical (unpaired) electrons. The van der Waals surface area contributed by atoms with Gasteiger partial charge in [0.15, 0.2) is 0 Å². The summed E-state index contributed by atoms with van der Waals surface area (Å²) < 4.78 is 6.15. The van der Waals surface area contributed by atoms with E-state index in [1.54, 1.807) is 0 Å². The lowest BCUT2D eigenvalue weighted by atomic mass is 9.74. The third-order valence-corrected chi connectivity index (χ3v) is 4.60. The number of nitrogen functional groups attached to an aromatic ring is 1. The maximum Gasteiger partial charge on any atom is 0.129 e. The molecule has 0 heterocycles. The lowest BCUT2D eigenvalue weighted by Gasteiger charge is -2.34. The monoisotopic (exact) mass is 251 g/mol. The number of hydrogen-bond donors (Lipinski definition) is 1. The molecule has 0 aliphatic heterocycles. The molecule has 1 fully saturated rings. The van der Waals surface area contributed by atoms with Crippen molar-refractivity contribution in [3.05, 3.63) is 60.4 Å². The molecule has 2 bridgehead atoms. The van der Waals surface area contributed by atoms with Crippen molar-refractivity contribution in [2.45, 2.75) is 12.8 Å². The smallest absolute Gasteiger partial charge is 0.129 e. The summed E-state index contributed by atoms with van der Waals surface area (Å²) in [6.45, 7) is 0. The Morgan fingerprint density at radius 2 is 2.21 bits per heavy atom. The molecule has 1 spiro atoms. The minimum Gasteiger partial charge on any atom is -0.461 e. The average Bonchev–Trinajstić information content (AvgIpc) is 2.91. The number of nitrogens with two attached hydrogens (primary N) is 1. The molecule has 0 amide bonds. The molecule has 2 N–H and O–H groups in total. The van der Waals surface area contributed by atoms with Gasteiger partial charge in [-0.05, 0) is 42.9 Å². The molecule has 3 aliphatic rings. The Morgan fingerprint density at radius 1 is 1.26 bits per heavy atom. The Morgan fingerprint density at radius 3 is 3.11 bits per heavy atom. The molecular formula is C17H17NO. The van der Waals surface area contributed by atoms with Crippen LogP contribution in [-0.2, 0) is 0 Å². The molecule has 0 saturated heterocycles. The van der Waals surface area contributed by atoms with E-state index in [2.05, 4.69) is 30.4 Å². The SMILES string of the molecule is Nc1cccc(OC2=CC3CC4C=CC=CC24C3)c1. The number of benzene rings is 1. The zero-order valence-corrected chi connectivity index (χ0v) is 10.8. The van der Waals surface area contributed by atoms with Gasteiger partial charge in [-0.25, -0.2) is 0 Å². The van der Waals surface area contributed by atoms with Crippen LogP contribution in [0.25, 0.3) is 0 Å². The molecule has 3 atom stereocenters. The van der Waals surface area contributed by atoms with E-state index in [1.165, 1.54) is 12.8 Å². The van der Waals surface area contributed by atoms with E-state index < -0.39 is 0 Å². The number of rotatable bonds is 2. The van der Waals surface area contributed by atoms with E-state index in [4.69, 9.17) is 10.5 Å². The normalized spacial score (nSPS) is 34.2. The fraction of sp³-hybridized carbons (Fsp3) is 0.294. The zero-order valence-electron chi connectivity index (χ0n) is 10.8. The molecule has 0 aromatic heterocycles. The van der Waals surface area contributed by atoms with Crippen LogP contribution in [0.2, 0.25) is 0 Å². The second-order valence-electron chi connectivity index (χ2n) is 5.80. The van der Waals surface area contributed by atoms with E-state index >= 15 is 0 Å². The number of allylic oxidation sites excluding steroid dienone is 5. The quantitative estimate of drug-likeness (QED) is 0.814. The third kappa shape index (κ3) is 1.56. The lowest BCUT2D eigenvalue weighted by molar-refractivity contribution is 0.258. The zero-order chi connectivity index (χ0) is 12.9. The highest BCUT2D eigenvalue weighted by Crippen LogP contribution is 2.59. The Balaban J connectivity index is 1.68. The van der Waals surface area contributed by atoms with Crippen molar-refractivity contribution in [2.75, 3.05) is 5.73 Å². The van der Waals surface area contributed by atoms with Crippen LogP contribution in [0.5, 0.6) is 5.75 Å². The van der Waals surface area contributed by atoms with Gasteiger partial charge in [-0.15, -0.1) is 0 Å². The predicted octanol–water partition coefficient (Wildman–Crippen LogP) is 3.68. The van der Waals surface area contributed by atoms with Crippen LogP contribution in [0.3, 0.4) is 0 Å².